The van der Waals surface area contributed by atoms with Crippen LogP contribution in [-0.4, -0.2) is 26.0 Å². The average molecular weight is 374 g/mol. The largest absolute Gasteiger partial charge is 0.365 e. The van der Waals surface area contributed by atoms with Gasteiger partial charge in [0, 0.05) is 29.4 Å². The number of H-pyrrole nitrogens is 1. The van der Waals surface area contributed by atoms with Gasteiger partial charge in [0.2, 0.25) is 0 Å². The number of nitrogens with one attached hydrogen (secondary N) is 2. The van der Waals surface area contributed by atoms with Gasteiger partial charge in [-0.1, -0.05) is 30.9 Å². The van der Waals surface area contributed by atoms with Gasteiger partial charge in [-0.3, -0.25) is 0 Å². The van der Waals surface area contributed by atoms with Crippen molar-refractivity contribution in [3.8, 4) is 11.4 Å². The monoisotopic (exact) mass is 373 g/mol. The lowest BCUT2D eigenvalue weighted by atomic mass is 9.84. The SMILES string of the molecule is C[C@H](Nc1nc(-c2c[nH]c3ncc(Cl)cc23)ncc1F)C1CCCCC1. The van der Waals surface area contributed by atoms with E-state index in [2.05, 4.69) is 32.2 Å². The molecule has 0 aromatic carbocycles. The average Bonchev–Trinajstić information content (AvgIpc) is 3.07. The lowest BCUT2D eigenvalue weighted by Crippen LogP contribution is -2.28. The highest BCUT2D eigenvalue weighted by Gasteiger charge is 2.22. The maximum Gasteiger partial charge on any atom is 0.183 e. The van der Waals surface area contributed by atoms with E-state index in [0.29, 0.717) is 22.4 Å². The molecule has 1 fully saturated rings. The van der Waals surface area contributed by atoms with Gasteiger partial charge in [-0.15, -0.1) is 0 Å². The van der Waals surface area contributed by atoms with Crippen molar-refractivity contribution in [2.24, 2.45) is 5.92 Å². The van der Waals surface area contributed by atoms with Gasteiger partial charge in [0.1, 0.15) is 5.65 Å². The van der Waals surface area contributed by atoms with Gasteiger partial charge < -0.3 is 10.3 Å². The van der Waals surface area contributed by atoms with Gasteiger partial charge >= 0.3 is 0 Å². The lowest BCUT2D eigenvalue weighted by Gasteiger charge is -2.28. The van der Waals surface area contributed by atoms with Crippen LogP contribution in [0.1, 0.15) is 39.0 Å². The Kier molecular flexibility index (Phi) is 4.76. The minimum Gasteiger partial charge on any atom is -0.365 e. The van der Waals surface area contributed by atoms with Gasteiger partial charge in [-0.05, 0) is 31.7 Å². The molecule has 0 bridgehead atoms. The van der Waals surface area contributed by atoms with Crippen molar-refractivity contribution in [2.75, 3.05) is 5.32 Å². The van der Waals surface area contributed by atoms with Crippen LogP contribution in [-0.2, 0) is 0 Å². The molecule has 7 heteroatoms. The third-order valence-electron chi connectivity index (χ3n) is 5.20. The van der Waals surface area contributed by atoms with Crippen LogP contribution in [0, 0.1) is 11.7 Å². The fourth-order valence-corrected chi connectivity index (χ4v) is 3.89. The summed E-state index contributed by atoms with van der Waals surface area (Å²) in [6, 6.07) is 1.98. The van der Waals surface area contributed by atoms with Crippen LogP contribution < -0.4 is 5.32 Å². The number of fused-ring (bicyclic) bond motifs is 1. The smallest absolute Gasteiger partial charge is 0.183 e. The van der Waals surface area contributed by atoms with E-state index >= 15 is 0 Å². The molecule has 0 amide bonds. The predicted octanol–water partition coefficient (Wildman–Crippen LogP) is 5.19. The number of hydrogen-bond acceptors (Lipinski definition) is 4. The standard InChI is InChI=1S/C19H21ClFN5/c1-11(12-5-3-2-4-6-12)25-19-16(21)10-24-18(26-19)15-9-23-17-14(15)7-13(20)8-22-17/h7-12H,2-6H2,1H3,(H,22,23)(H,24,25,26)/t11-/m0/s1. The molecule has 0 saturated heterocycles. The zero-order chi connectivity index (χ0) is 18.1. The molecule has 3 aromatic heterocycles. The zero-order valence-corrected chi connectivity index (χ0v) is 15.4. The van der Waals surface area contributed by atoms with Crippen LogP contribution in [0.4, 0.5) is 10.2 Å². The Bertz CT molecular complexity index is 919. The fourth-order valence-electron chi connectivity index (χ4n) is 3.73. The first kappa shape index (κ1) is 17.2. The van der Waals surface area contributed by atoms with E-state index < -0.39 is 5.82 Å². The van der Waals surface area contributed by atoms with Gasteiger partial charge in [-0.25, -0.2) is 19.3 Å². The van der Waals surface area contributed by atoms with Crippen molar-refractivity contribution in [1.82, 2.24) is 19.9 Å². The molecule has 0 spiro atoms. The van der Waals surface area contributed by atoms with Crippen LogP contribution >= 0.6 is 11.6 Å². The van der Waals surface area contributed by atoms with E-state index in [4.69, 9.17) is 11.6 Å². The molecule has 1 atom stereocenters. The summed E-state index contributed by atoms with van der Waals surface area (Å²) in [5.74, 6) is 0.808. The Morgan fingerprint density at radius 3 is 2.85 bits per heavy atom. The first-order chi connectivity index (χ1) is 12.6. The number of anilines is 1. The first-order valence-corrected chi connectivity index (χ1v) is 9.41. The minimum absolute atomic E-state index is 0.173. The zero-order valence-electron chi connectivity index (χ0n) is 14.6. The first-order valence-electron chi connectivity index (χ1n) is 9.04. The fraction of sp³-hybridized carbons (Fsp3) is 0.421. The molecule has 26 heavy (non-hydrogen) atoms. The molecule has 3 heterocycles. The molecule has 1 aliphatic carbocycles. The Morgan fingerprint density at radius 2 is 2.04 bits per heavy atom. The normalized spacial score (nSPS) is 16.7. The summed E-state index contributed by atoms with van der Waals surface area (Å²) >= 11 is 6.06. The molecular weight excluding hydrogens is 353 g/mol. The summed E-state index contributed by atoms with van der Waals surface area (Å²) in [5, 5.41) is 4.61. The van der Waals surface area contributed by atoms with Crippen LogP contribution in [0.25, 0.3) is 22.4 Å². The predicted molar refractivity (Wildman–Crippen MR) is 102 cm³/mol. The Morgan fingerprint density at radius 1 is 1.23 bits per heavy atom. The van der Waals surface area contributed by atoms with Crippen LogP contribution in [0.5, 0.6) is 0 Å². The van der Waals surface area contributed by atoms with E-state index in [1.165, 1.54) is 38.3 Å². The Balaban J connectivity index is 1.64. The third kappa shape index (κ3) is 3.38. The maximum atomic E-state index is 14.3. The topological polar surface area (TPSA) is 66.5 Å². The van der Waals surface area contributed by atoms with Crippen molar-refractivity contribution in [3.63, 3.8) is 0 Å². The highest BCUT2D eigenvalue weighted by molar-refractivity contribution is 6.31. The summed E-state index contributed by atoms with van der Waals surface area (Å²) < 4.78 is 14.3. The molecule has 0 unspecified atom stereocenters. The molecule has 0 aliphatic heterocycles. The molecule has 0 radical (unpaired) electrons. The quantitative estimate of drug-likeness (QED) is 0.660. The van der Waals surface area contributed by atoms with Gasteiger partial charge in [0.15, 0.2) is 17.5 Å². The summed E-state index contributed by atoms with van der Waals surface area (Å²) in [4.78, 5) is 15.9. The van der Waals surface area contributed by atoms with Gasteiger partial charge in [0.05, 0.1) is 11.2 Å². The Labute approximate surface area is 156 Å². The number of nitrogens with zero attached hydrogens (tertiary/aromatic N) is 3. The summed E-state index contributed by atoms with van der Waals surface area (Å²) in [7, 11) is 0. The van der Waals surface area contributed by atoms with E-state index in [1.54, 1.807) is 18.5 Å². The molecule has 136 valence electrons. The minimum atomic E-state index is -0.438. The van der Waals surface area contributed by atoms with Crippen molar-refractivity contribution >= 4 is 28.5 Å². The summed E-state index contributed by atoms with van der Waals surface area (Å²) in [5.41, 5.74) is 1.45. The second-order valence-corrected chi connectivity index (χ2v) is 7.41. The van der Waals surface area contributed by atoms with Crippen molar-refractivity contribution in [2.45, 2.75) is 45.1 Å². The molecule has 2 N–H and O–H groups in total. The summed E-state index contributed by atoms with van der Waals surface area (Å²) in [6.07, 6.45) is 10.7. The molecule has 4 rings (SSSR count). The summed E-state index contributed by atoms with van der Waals surface area (Å²) in [6.45, 7) is 2.10. The van der Waals surface area contributed by atoms with E-state index in [1.807, 2.05) is 0 Å². The third-order valence-corrected chi connectivity index (χ3v) is 5.41. The van der Waals surface area contributed by atoms with Crippen LogP contribution in [0.2, 0.25) is 5.02 Å². The van der Waals surface area contributed by atoms with Crippen molar-refractivity contribution < 1.29 is 4.39 Å². The molecule has 5 nitrogen and oxygen atoms in total. The van der Waals surface area contributed by atoms with Gasteiger partial charge in [0.25, 0.3) is 0 Å². The highest BCUT2D eigenvalue weighted by Crippen LogP contribution is 2.30. The van der Waals surface area contributed by atoms with Crippen LogP contribution in [0.3, 0.4) is 0 Å². The molecule has 3 aromatic rings. The number of hydrogen-bond donors (Lipinski definition) is 2. The van der Waals surface area contributed by atoms with Crippen molar-refractivity contribution in [3.05, 3.63) is 35.5 Å². The molecule has 1 aliphatic rings. The van der Waals surface area contributed by atoms with Gasteiger partial charge in [-0.2, -0.15) is 0 Å². The van der Waals surface area contributed by atoms with Crippen molar-refractivity contribution in [1.29, 1.82) is 0 Å². The second-order valence-electron chi connectivity index (χ2n) is 6.97. The highest BCUT2D eigenvalue weighted by atomic mass is 35.5. The van der Waals surface area contributed by atoms with E-state index in [0.717, 1.165) is 10.9 Å². The number of pyridine rings is 1. The van der Waals surface area contributed by atoms with Crippen LogP contribution in [0.15, 0.2) is 24.7 Å². The van der Waals surface area contributed by atoms with E-state index in [9.17, 15) is 4.39 Å². The number of aromatic nitrogens is 4. The second kappa shape index (κ2) is 7.19. The van der Waals surface area contributed by atoms with E-state index in [-0.39, 0.29) is 11.9 Å². The number of aromatic amines is 1. The molecular formula is C19H21ClFN5. The maximum absolute atomic E-state index is 14.3. The molecule has 1 saturated carbocycles. The lowest BCUT2D eigenvalue weighted by molar-refractivity contribution is 0.327. The number of rotatable bonds is 4. The number of halogens is 2. The Hall–Kier alpha value is -2.21.